The fraction of sp³-hybridized carbons (Fsp3) is 0.125. The Morgan fingerprint density at radius 2 is 1.45 bits per heavy atom. The van der Waals surface area contributed by atoms with Crippen LogP contribution in [0.1, 0.15) is 22.3 Å². The Kier molecular flexibility index (Phi) is 5.59. The molecule has 0 aromatic heterocycles. The molecule has 0 saturated carbocycles. The zero-order chi connectivity index (χ0) is 21.0. The normalized spacial score (nSPS) is 12.8. The Labute approximate surface area is 167 Å². The summed E-state index contributed by atoms with van der Waals surface area (Å²) in [6.07, 6.45) is -0.857. The van der Waals surface area contributed by atoms with Crippen molar-refractivity contribution < 1.29 is 24.6 Å². The summed E-state index contributed by atoms with van der Waals surface area (Å²) in [5.74, 6) is -3.91. The first-order valence-corrected chi connectivity index (χ1v) is 9.02. The van der Waals surface area contributed by atoms with Crippen molar-refractivity contribution in [2.45, 2.75) is 12.8 Å². The van der Waals surface area contributed by atoms with Crippen molar-refractivity contribution in [2.75, 3.05) is 0 Å². The van der Waals surface area contributed by atoms with Gasteiger partial charge in [-0.05, 0) is 28.3 Å². The summed E-state index contributed by atoms with van der Waals surface area (Å²) < 4.78 is 0. The molecule has 146 valence electrons. The van der Waals surface area contributed by atoms with Crippen LogP contribution in [-0.4, -0.2) is 17.7 Å². The monoisotopic (exact) mass is 386 g/mol. The van der Waals surface area contributed by atoms with E-state index in [-0.39, 0.29) is 6.42 Å². The highest BCUT2D eigenvalue weighted by atomic mass is 16.4. The number of Topliss-reactive ketones (excluding diaryl/α,β-unsaturated/α-hetero) is 1. The molecule has 1 unspecified atom stereocenters. The van der Waals surface area contributed by atoms with Crippen LogP contribution in [0.2, 0.25) is 0 Å². The first kappa shape index (κ1) is 20.0. The van der Waals surface area contributed by atoms with Crippen LogP contribution in [0.5, 0.6) is 0 Å². The molecule has 0 spiro atoms. The fourth-order valence-corrected chi connectivity index (χ4v) is 3.52. The van der Waals surface area contributed by atoms with Crippen molar-refractivity contribution in [3.63, 3.8) is 0 Å². The number of hydrogen-bond donors (Lipinski definition) is 0. The molecule has 0 aliphatic heterocycles. The lowest BCUT2D eigenvalue weighted by Gasteiger charge is -2.37. The molecule has 0 aliphatic rings. The quantitative estimate of drug-likeness (QED) is 0.434. The Balaban J connectivity index is 2.08. The summed E-state index contributed by atoms with van der Waals surface area (Å²) in [5, 5.41) is 25.2. The topological polar surface area (TPSA) is 97.3 Å². The molecule has 0 heterocycles. The minimum Gasteiger partial charge on any atom is -0.549 e. The second-order valence-corrected chi connectivity index (χ2v) is 6.92. The van der Waals surface area contributed by atoms with Crippen LogP contribution in [0, 0.1) is 5.41 Å². The van der Waals surface area contributed by atoms with E-state index in [1.54, 1.807) is 54.6 Å². The smallest absolute Gasteiger partial charge is 0.164 e. The van der Waals surface area contributed by atoms with Gasteiger partial charge in [-0.2, -0.15) is 0 Å². The van der Waals surface area contributed by atoms with Gasteiger partial charge >= 0.3 is 0 Å². The Morgan fingerprint density at radius 3 is 2.10 bits per heavy atom. The average molecular weight is 386 g/mol. The Hall–Kier alpha value is -3.73. The van der Waals surface area contributed by atoms with Gasteiger partial charge in [-0.1, -0.05) is 79.4 Å². The maximum absolute atomic E-state index is 13.2. The van der Waals surface area contributed by atoms with Crippen molar-refractivity contribution in [1.82, 2.24) is 0 Å². The van der Waals surface area contributed by atoms with Crippen molar-refractivity contribution in [3.05, 3.63) is 96.1 Å². The molecule has 5 heteroatoms. The average Bonchev–Trinajstić information content (AvgIpc) is 2.72. The maximum atomic E-state index is 13.2. The number of carbonyl (C=O) groups excluding carboxylic acids is 3. The molecule has 5 nitrogen and oxygen atoms in total. The highest BCUT2D eigenvalue weighted by molar-refractivity contribution is 6.10. The summed E-state index contributed by atoms with van der Waals surface area (Å²) in [5.41, 5.74) is -1.96. The Bertz CT molecular complexity index is 1100. The lowest BCUT2D eigenvalue weighted by atomic mass is 9.71. The summed E-state index contributed by atoms with van der Waals surface area (Å²) in [6.45, 7) is 3.42. The summed E-state index contributed by atoms with van der Waals surface area (Å²) in [4.78, 5) is 36.9. The van der Waals surface area contributed by atoms with E-state index in [9.17, 15) is 24.6 Å². The fourth-order valence-electron chi connectivity index (χ4n) is 3.52. The maximum Gasteiger partial charge on any atom is 0.164 e. The molecule has 0 N–H and O–H groups in total. The standard InChI is InChI=1S/C24H20O5/c1-16(22(26)27)24(23(28)29,14-17-8-3-2-4-9-17)15-21(25)20-13-7-11-18-10-5-6-12-19(18)20/h2-13H,1,14-15H2,(H,26,27)(H,28,29)/p-2. The lowest BCUT2D eigenvalue weighted by Crippen LogP contribution is -2.50. The van der Waals surface area contributed by atoms with Crippen LogP contribution in [0.3, 0.4) is 0 Å². The molecule has 0 radical (unpaired) electrons. The number of carbonyl (C=O) groups is 3. The Morgan fingerprint density at radius 1 is 0.828 bits per heavy atom. The molecular formula is C24H18O5-2. The third kappa shape index (κ3) is 3.94. The van der Waals surface area contributed by atoms with Crippen molar-refractivity contribution in [3.8, 4) is 0 Å². The largest absolute Gasteiger partial charge is 0.549 e. The number of ketones is 1. The van der Waals surface area contributed by atoms with Gasteiger partial charge in [0.25, 0.3) is 0 Å². The summed E-state index contributed by atoms with van der Waals surface area (Å²) >= 11 is 0. The zero-order valence-corrected chi connectivity index (χ0v) is 15.6. The minimum atomic E-state index is -2.13. The molecule has 0 amide bonds. The third-order valence-corrected chi connectivity index (χ3v) is 5.12. The molecule has 3 aromatic rings. The summed E-state index contributed by atoms with van der Waals surface area (Å²) in [6, 6.07) is 20.8. The van der Waals surface area contributed by atoms with Crippen LogP contribution in [0.4, 0.5) is 0 Å². The minimum absolute atomic E-state index is 0.251. The highest BCUT2D eigenvalue weighted by Crippen LogP contribution is 2.36. The van der Waals surface area contributed by atoms with Crippen LogP contribution in [0.15, 0.2) is 84.9 Å². The van der Waals surface area contributed by atoms with Gasteiger partial charge in [-0.3, -0.25) is 4.79 Å². The van der Waals surface area contributed by atoms with E-state index in [1.165, 1.54) is 0 Å². The van der Waals surface area contributed by atoms with Crippen molar-refractivity contribution >= 4 is 28.5 Å². The van der Waals surface area contributed by atoms with E-state index in [0.29, 0.717) is 16.5 Å². The molecule has 29 heavy (non-hydrogen) atoms. The van der Waals surface area contributed by atoms with Gasteiger partial charge in [0.1, 0.15) is 0 Å². The highest BCUT2D eigenvalue weighted by Gasteiger charge is 2.38. The SMILES string of the molecule is C=C(C(=O)[O-])C(CC(=O)c1cccc2ccccc12)(Cc1ccccc1)C(=O)[O-]. The molecule has 3 aromatic carbocycles. The first-order valence-electron chi connectivity index (χ1n) is 9.02. The summed E-state index contributed by atoms with van der Waals surface area (Å²) in [7, 11) is 0. The van der Waals surface area contributed by atoms with Crippen molar-refractivity contribution in [1.29, 1.82) is 0 Å². The molecule has 0 fully saturated rings. The van der Waals surface area contributed by atoms with E-state index >= 15 is 0 Å². The molecule has 0 saturated heterocycles. The predicted molar refractivity (Wildman–Crippen MR) is 105 cm³/mol. The first-order chi connectivity index (χ1) is 13.8. The van der Waals surface area contributed by atoms with Crippen LogP contribution >= 0.6 is 0 Å². The van der Waals surface area contributed by atoms with Crippen LogP contribution in [-0.2, 0) is 16.0 Å². The zero-order valence-electron chi connectivity index (χ0n) is 15.6. The number of rotatable bonds is 8. The van der Waals surface area contributed by atoms with Crippen LogP contribution in [0.25, 0.3) is 10.8 Å². The molecule has 0 bridgehead atoms. The van der Waals surface area contributed by atoms with E-state index in [0.717, 1.165) is 5.39 Å². The lowest BCUT2D eigenvalue weighted by molar-refractivity contribution is -0.321. The molecule has 3 rings (SSSR count). The number of fused-ring (bicyclic) bond motifs is 1. The second-order valence-electron chi connectivity index (χ2n) is 6.92. The van der Waals surface area contributed by atoms with Crippen molar-refractivity contribution in [2.24, 2.45) is 5.41 Å². The number of carboxylic acids is 2. The van der Waals surface area contributed by atoms with Gasteiger partial charge in [0.15, 0.2) is 5.78 Å². The molecule has 1 atom stereocenters. The third-order valence-electron chi connectivity index (χ3n) is 5.12. The van der Waals surface area contributed by atoms with Gasteiger partial charge in [-0.15, -0.1) is 0 Å². The van der Waals surface area contributed by atoms with Gasteiger partial charge in [0, 0.05) is 17.4 Å². The van der Waals surface area contributed by atoms with E-state index < -0.39 is 35.1 Å². The van der Waals surface area contributed by atoms with Crippen LogP contribution < -0.4 is 10.2 Å². The van der Waals surface area contributed by atoms with E-state index in [1.807, 2.05) is 18.2 Å². The van der Waals surface area contributed by atoms with E-state index in [2.05, 4.69) is 6.58 Å². The number of aliphatic carboxylic acids is 2. The van der Waals surface area contributed by atoms with Gasteiger partial charge in [0.05, 0.1) is 11.9 Å². The number of carboxylic acid groups (broad SMARTS) is 2. The predicted octanol–water partition coefficient (Wildman–Crippen LogP) is 1.70. The van der Waals surface area contributed by atoms with Gasteiger partial charge < -0.3 is 19.8 Å². The number of hydrogen-bond acceptors (Lipinski definition) is 5. The molecule has 0 aliphatic carbocycles. The van der Waals surface area contributed by atoms with E-state index in [4.69, 9.17) is 0 Å². The van der Waals surface area contributed by atoms with Gasteiger partial charge in [-0.25, -0.2) is 0 Å². The number of benzene rings is 3. The molecular weight excluding hydrogens is 368 g/mol. The van der Waals surface area contributed by atoms with Gasteiger partial charge in [0.2, 0.25) is 0 Å². The second kappa shape index (κ2) is 8.10.